The molecule has 0 aliphatic rings. The van der Waals surface area contributed by atoms with E-state index in [4.69, 9.17) is 0 Å². The van der Waals surface area contributed by atoms with Crippen molar-refractivity contribution in [1.29, 1.82) is 0 Å². The minimum Gasteiger partial charge on any atom is -0.744 e. The van der Waals surface area contributed by atoms with Crippen molar-refractivity contribution in [3.63, 3.8) is 0 Å². The Labute approximate surface area is 504 Å². The Morgan fingerprint density at radius 3 is 1.70 bits per heavy atom. The van der Waals surface area contributed by atoms with Crippen molar-refractivity contribution in [1.82, 2.24) is 15.0 Å². The van der Waals surface area contributed by atoms with Gasteiger partial charge in [0.1, 0.15) is 46.2 Å². The SMILES string of the molecule is C=CS(=O)(=O)c1cccc(N=c2nc(Nc3ccc(N=Nc4ccc(N=Nc5ccccc5S(=O)(=O)[O-])c5ccc(S(=O)(=O)[O-])cc45)c(C)c3)[nH]c(=Nc3cc(S(=O)(=O)[O-])ccc3S(=O)(=O)[O-])[nH]2)c1.[Na+].[Na+].[Na+].[Na+]. The third kappa shape index (κ3) is 16.3. The standard InChI is InChI=1S/C40H32N10O14S5.4Na/c1-3-65(51,52)26-8-6-7-24(20-26)41-38-44-39(46-40(45-38)43-35-22-28(67(56,57)58)13-18-37(35)69(62,63)64)42-25-11-15-31(23(2)19-25)47-49-33-17-16-32(29-14-12-27(21-30(29)33)66(53,54)55)48-50-34-9-4-5-10-36(34)68(59,60)61;;;;/h3-22H,1H2,2H3,(H,53,54,55)(H,56,57,58)(H,59,60,61)(H,62,63,64)(H3,41,42,43,44,45,46);;;;/q;4*+1/p-4. The number of nitrogens with zero attached hydrogens (tertiary/aromatic N) is 7. The average molecular weight is 1130 g/mol. The van der Waals surface area contributed by atoms with Gasteiger partial charge in [0.05, 0.1) is 52.9 Å². The van der Waals surface area contributed by atoms with Crippen LogP contribution in [-0.4, -0.2) is 75.3 Å². The zero-order chi connectivity index (χ0) is 50.1. The summed E-state index contributed by atoms with van der Waals surface area (Å²) in [6, 6.07) is 22.8. The second-order valence-electron chi connectivity index (χ2n) is 14.1. The first kappa shape index (κ1) is 63.8. The van der Waals surface area contributed by atoms with Gasteiger partial charge >= 0.3 is 118 Å². The molecule has 24 nitrogen and oxygen atoms in total. The molecule has 1 aromatic heterocycles. The third-order valence-electron chi connectivity index (χ3n) is 9.36. The van der Waals surface area contributed by atoms with Gasteiger partial charge in [-0.2, -0.15) is 10.1 Å². The van der Waals surface area contributed by atoms with Crippen LogP contribution in [-0.2, 0) is 50.3 Å². The number of hydrogen-bond donors (Lipinski definition) is 3. The monoisotopic (exact) mass is 1120 g/mol. The Kier molecular flexibility index (Phi) is 22.4. The van der Waals surface area contributed by atoms with Gasteiger partial charge in [0.25, 0.3) is 0 Å². The number of aromatic nitrogens is 3. The first-order valence-corrected chi connectivity index (χ1v) is 26.1. The number of H-pyrrole nitrogens is 2. The molecule has 356 valence electrons. The van der Waals surface area contributed by atoms with Crippen LogP contribution >= 0.6 is 0 Å². The summed E-state index contributed by atoms with van der Waals surface area (Å²) in [7, 11) is -24.3. The minimum absolute atomic E-state index is 0. The molecule has 1 heterocycles. The summed E-state index contributed by atoms with van der Waals surface area (Å²) in [6.45, 7) is 4.93. The molecule has 0 radical (unpaired) electrons. The molecule has 6 aromatic carbocycles. The summed E-state index contributed by atoms with van der Waals surface area (Å²) in [6.07, 6.45) is 0. The number of azo groups is 2. The number of benzene rings is 6. The number of aryl methyl sites for hydroxylation is 1. The second-order valence-corrected chi connectivity index (χ2v) is 21.4. The first-order chi connectivity index (χ1) is 32.3. The van der Waals surface area contributed by atoms with E-state index in [0.29, 0.717) is 29.4 Å². The number of nitrogens with one attached hydrogen (secondary N) is 3. The molecule has 0 fully saturated rings. The molecule has 3 N–H and O–H groups in total. The molecule has 0 saturated carbocycles. The van der Waals surface area contributed by atoms with Crippen molar-refractivity contribution in [2.75, 3.05) is 5.32 Å². The Morgan fingerprint density at radius 1 is 0.521 bits per heavy atom. The van der Waals surface area contributed by atoms with Crippen LogP contribution in [0.3, 0.4) is 0 Å². The average Bonchev–Trinajstić information content (AvgIpc) is 3.27. The van der Waals surface area contributed by atoms with E-state index in [1.165, 1.54) is 72.8 Å². The molecular formula is C40H28N10Na4O14S5. The largest absolute Gasteiger partial charge is 1.00 e. The summed E-state index contributed by atoms with van der Waals surface area (Å²) >= 11 is 0. The van der Waals surface area contributed by atoms with Crippen molar-refractivity contribution in [2.24, 2.45) is 30.4 Å². The second kappa shape index (κ2) is 25.6. The molecule has 0 saturated heterocycles. The fourth-order valence-electron chi connectivity index (χ4n) is 6.17. The van der Waals surface area contributed by atoms with E-state index in [0.717, 1.165) is 23.6 Å². The first-order valence-electron chi connectivity index (χ1n) is 18.9. The van der Waals surface area contributed by atoms with E-state index < -0.39 is 81.2 Å². The van der Waals surface area contributed by atoms with Crippen LogP contribution in [0.4, 0.5) is 45.8 Å². The predicted molar refractivity (Wildman–Crippen MR) is 239 cm³/mol. The van der Waals surface area contributed by atoms with Gasteiger partial charge in [-0.25, -0.2) is 52.1 Å². The smallest absolute Gasteiger partial charge is 0.744 e. The summed E-state index contributed by atoms with van der Waals surface area (Å²) in [5, 5.41) is 20.5. The van der Waals surface area contributed by atoms with E-state index in [2.05, 4.69) is 57.3 Å². The van der Waals surface area contributed by atoms with Crippen molar-refractivity contribution in [3.05, 3.63) is 144 Å². The van der Waals surface area contributed by atoms with E-state index in [1.807, 2.05) is 0 Å². The molecule has 0 bridgehead atoms. The molecule has 0 aliphatic heterocycles. The molecule has 73 heavy (non-hydrogen) atoms. The zero-order valence-electron chi connectivity index (χ0n) is 38.6. The van der Waals surface area contributed by atoms with Crippen LogP contribution in [0, 0.1) is 6.92 Å². The Morgan fingerprint density at radius 2 is 1.08 bits per heavy atom. The molecular weight excluding hydrogens is 1100 g/mol. The van der Waals surface area contributed by atoms with Crippen LogP contribution < -0.4 is 135 Å². The molecule has 33 heteroatoms. The van der Waals surface area contributed by atoms with Crippen LogP contribution in [0.2, 0.25) is 0 Å². The van der Waals surface area contributed by atoms with Crippen molar-refractivity contribution < 1.29 is 179 Å². The Balaban J connectivity index is 0.00000352. The van der Waals surface area contributed by atoms with Crippen LogP contribution in [0.15, 0.2) is 182 Å². The molecule has 7 aromatic rings. The minimum atomic E-state index is -5.30. The van der Waals surface area contributed by atoms with Crippen LogP contribution in [0.5, 0.6) is 0 Å². The van der Waals surface area contributed by atoms with Gasteiger partial charge in [-0.3, -0.25) is 9.97 Å². The predicted octanol–water partition coefficient (Wildman–Crippen LogP) is -6.21. The summed E-state index contributed by atoms with van der Waals surface area (Å²) < 4.78 is 168. The molecule has 7 rings (SSSR count). The van der Waals surface area contributed by atoms with Crippen molar-refractivity contribution in [2.45, 2.75) is 31.4 Å². The maximum Gasteiger partial charge on any atom is 1.00 e. The number of hydrogen-bond acceptors (Lipinski definition) is 22. The number of anilines is 2. The fourth-order valence-corrected chi connectivity index (χ4v) is 9.11. The van der Waals surface area contributed by atoms with Crippen molar-refractivity contribution >= 4 is 107 Å². The van der Waals surface area contributed by atoms with Gasteiger partial charge in [-0.1, -0.05) is 30.8 Å². The van der Waals surface area contributed by atoms with Crippen LogP contribution in [0.1, 0.15) is 5.56 Å². The summed E-state index contributed by atoms with van der Waals surface area (Å²) in [4.78, 5) is 14.7. The van der Waals surface area contributed by atoms with Gasteiger partial charge in [0.2, 0.25) is 17.2 Å². The van der Waals surface area contributed by atoms with E-state index >= 15 is 0 Å². The molecule has 0 spiro atoms. The summed E-state index contributed by atoms with van der Waals surface area (Å²) in [5.41, 5.74) is -0.548. The Hall–Kier alpha value is -3.48. The quantitative estimate of drug-likeness (QED) is 0.0518. The zero-order valence-corrected chi connectivity index (χ0v) is 50.7. The van der Waals surface area contributed by atoms with Crippen LogP contribution in [0.25, 0.3) is 10.8 Å². The number of rotatable bonds is 14. The van der Waals surface area contributed by atoms with Gasteiger partial charge in [-0.15, -0.1) is 15.3 Å². The maximum absolute atomic E-state index is 12.5. The van der Waals surface area contributed by atoms with Crippen molar-refractivity contribution in [3.8, 4) is 0 Å². The number of aromatic amines is 2. The van der Waals surface area contributed by atoms with Gasteiger partial charge in [0.15, 0.2) is 9.84 Å². The molecule has 0 aliphatic carbocycles. The fraction of sp³-hybridized carbons (Fsp3) is 0.0250. The van der Waals surface area contributed by atoms with Gasteiger partial charge < -0.3 is 23.5 Å². The maximum atomic E-state index is 12.5. The molecule has 0 amide bonds. The normalized spacial score (nSPS) is 12.7. The molecule has 0 atom stereocenters. The van der Waals surface area contributed by atoms with E-state index in [-0.39, 0.29) is 174 Å². The van der Waals surface area contributed by atoms with E-state index in [9.17, 15) is 60.3 Å². The van der Waals surface area contributed by atoms with E-state index in [1.54, 1.807) is 13.0 Å². The summed E-state index contributed by atoms with van der Waals surface area (Å²) in [5.74, 6) is -0.181. The Bertz CT molecular complexity index is 4090. The van der Waals surface area contributed by atoms with Gasteiger partial charge in [0, 0.05) is 21.9 Å². The third-order valence-corrected chi connectivity index (χ3v) is 14.1. The number of sulfone groups is 1. The topological polar surface area (TPSA) is 394 Å². The molecule has 0 unspecified atom stereocenters. The number of fused-ring (bicyclic) bond motifs is 1. The van der Waals surface area contributed by atoms with Gasteiger partial charge in [-0.05, 0) is 103 Å².